The highest BCUT2D eigenvalue weighted by Gasteiger charge is 2.11. The summed E-state index contributed by atoms with van der Waals surface area (Å²) in [4.78, 5) is 12.3. The van der Waals surface area contributed by atoms with Crippen LogP contribution in [0.1, 0.15) is 22.8 Å². The van der Waals surface area contributed by atoms with Crippen LogP contribution in [-0.4, -0.2) is 19.6 Å². The van der Waals surface area contributed by atoms with Gasteiger partial charge < -0.3 is 14.8 Å². The molecule has 1 N–H and O–H groups in total. The van der Waals surface area contributed by atoms with Gasteiger partial charge in [-0.1, -0.05) is 17.7 Å². The number of halogens is 1. The van der Waals surface area contributed by atoms with E-state index in [0.29, 0.717) is 34.4 Å². The van der Waals surface area contributed by atoms with Gasteiger partial charge in [0, 0.05) is 16.3 Å². The first-order chi connectivity index (χ1) is 10.5. The lowest BCUT2D eigenvalue weighted by molar-refractivity contribution is 0.102. The van der Waals surface area contributed by atoms with E-state index < -0.39 is 0 Å². The van der Waals surface area contributed by atoms with E-state index in [4.69, 9.17) is 21.1 Å². The van der Waals surface area contributed by atoms with E-state index >= 15 is 0 Å². The minimum atomic E-state index is -0.233. The van der Waals surface area contributed by atoms with Crippen molar-refractivity contribution in [2.45, 2.75) is 13.8 Å². The number of hydrogen-bond donors (Lipinski definition) is 1. The molecule has 0 heterocycles. The average Bonchev–Trinajstić information content (AvgIpc) is 2.51. The Labute approximate surface area is 135 Å². The molecule has 5 heteroatoms. The Hall–Kier alpha value is -2.20. The number of nitrogens with one attached hydrogen (secondary N) is 1. The van der Waals surface area contributed by atoms with Crippen LogP contribution in [0, 0.1) is 6.92 Å². The molecule has 0 atom stereocenters. The van der Waals surface area contributed by atoms with Crippen molar-refractivity contribution in [3.63, 3.8) is 0 Å². The van der Waals surface area contributed by atoms with Crippen molar-refractivity contribution in [2.75, 3.05) is 19.0 Å². The van der Waals surface area contributed by atoms with Crippen molar-refractivity contribution in [2.24, 2.45) is 0 Å². The number of rotatable bonds is 5. The Morgan fingerprint density at radius 3 is 2.59 bits per heavy atom. The third-order valence-electron chi connectivity index (χ3n) is 3.16. The lowest BCUT2D eigenvalue weighted by Crippen LogP contribution is -2.12. The van der Waals surface area contributed by atoms with Gasteiger partial charge in [0.15, 0.2) is 11.5 Å². The fraction of sp³-hybridized carbons (Fsp3) is 0.235. The molecule has 0 spiro atoms. The maximum atomic E-state index is 12.3. The molecule has 0 saturated heterocycles. The van der Waals surface area contributed by atoms with Gasteiger partial charge in [0.1, 0.15) is 0 Å². The summed E-state index contributed by atoms with van der Waals surface area (Å²) in [6.07, 6.45) is 0. The van der Waals surface area contributed by atoms with Gasteiger partial charge in [-0.05, 0) is 49.7 Å². The first-order valence-electron chi connectivity index (χ1n) is 6.93. The smallest absolute Gasteiger partial charge is 0.255 e. The summed E-state index contributed by atoms with van der Waals surface area (Å²) in [7, 11) is 1.56. The average molecular weight is 320 g/mol. The number of carbonyl (C=O) groups excluding carboxylic acids is 1. The largest absolute Gasteiger partial charge is 0.493 e. The fourth-order valence-electron chi connectivity index (χ4n) is 1.96. The summed E-state index contributed by atoms with van der Waals surface area (Å²) in [5.74, 6) is 0.903. The van der Waals surface area contributed by atoms with E-state index in [0.717, 1.165) is 5.56 Å². The normalized spacial score (nSPS) is 10.2. The number of hydrogen-bond acceptors (Lipinski definition) is 3. The number of benzene rings is 2. The Morgan fingerprint density at radius 2 is 1.95 bits per heavy atom. The standard InChI is InChI=1S/C17H18ClNO3/c1-4-22-16-9-12(6-8-15(16)21-3)17(20)19-13-7-5-11(2)14(18)10-13/h5-10H,4H2,1-3H3,(H,19,20). The molecule has 0 bridgehead atoms. The molecule has 116 valence electrons. The summed E-state index contributed by atoms with van der Waals surface area (Å²) in [6.45, 7) is 4.28. The van der Waals surface area contributed by atoms with Crippen molar-refractivity contribution < 1.29 is 14.3 Å². The molecule has 22 heavy (non-hydrogen) atoms. The third kappa shape index (κ3) is 3.71. The molecular formula is C17H18ClNO3. The lowest BCUT2D eigenvalue weighted by Gasteiger charge is -2.11. The molecule has 2 aromatic rings. The van der Waals surface area contributed by atoms with Gasteiger partial charge >= 0.3 is 0 Å². The third-order valence-corrected chi connectivity index (χ3v) is 3.56. The molecule has 2 aromatic carbocycles. The van der Waals surface area contributed by atoms with E-state index in [2.05, 4.69) is 5.32 Å². The number of methoxy groups -OCH3 is 1. The van der Waals surface area contributed by atoms with E-state index in [1.165, 1.54) is 0 Å². The van der Waals surface area contributed by atoms with Crippen LogP contribution in [-0.2, 0) is 0 Å². The molecule has 0 aliphatic rings. The maximum absolute atomic E-state index is 12.3. The first-order valence-corrected chi connectivity index (χ1v) is 7.31. The van der Waals surface area contributed by atoms with Gasteiger partial charge in [0.2, 0.25) is 0 Å². The van der Waals surface area contributed by atoms with Crippen molar-refractivity contribution in [1.29, 1.82) is 0 Å². The second kappa shape index (κ2) is 7.18. The van der Waals surface area contributed by atoms with Crippen molar-refractivity contribution in [3.05, 3.63) is 52.5 Å². The van der Waals surface area contributed by atoms with Crippen LogP contribution in [0.5, 0.6) is 11.5 Å². The summed E-state index contributed by atoms with van der Waals surface area (Å²) in [5, 5.41) is 3.43. The zero-order valence-corrected chi connectivity index (χ0v) is 13.5. The summed E-state index contributed by atoms with van der Waals surface area (Å²) < 4.78 is 10.7. The van der Waals surface area contributed by atoms with Crippen LogP contribution in [0.4, 0.5) is 5.69 Å². The van der Waals surface area contributed by atoms with Gasteiger partial charge in [-0.15, -0.1) is 0 Å². The number of aryl methyl sites for hydroxylation is 1. The van der Waals surface area contributed by atoms with E-state index in [1.54, 1.807) is 31.4 Å². The number of amides is 1. The van der Waals surface area contributed by atoms with Crippen LogP contribution in [0.25, 0.3) is 0 Å². The zero-order valence-electron chi connectivity index (χ0n) is 12.8. The molecule has 0 radical (unpaired) electrons. The molecule has 0 unspecified atom stereocenters. The first kappa shape index (κ1) is 16.2. The molecule has 0 aliphatic carbocycles. The summed E-state index contributed by atoms with van der Waals surface area (Å²) >= 11 is 6.06. The highest BCUT2D eigenvalue weighted by Crippen LogP contribution is 2.28. The number of anilines is 1. The van der Waals surface area contributed by atoms with Crippen LogP contribution in [0.2, 0.25) is 5.02 Å². The predicted octanol–water partition coefficient (Wildman–Crippen LogP) is 4.31. The molecule has 4 nitrogen and oxygen atoms in total. The van der Waals surface area contributed by atoms with E-state index in [1.807, 2.05) is 26.0 Å². The molecule has 0 saturated carbocycles. The fourth-order valence-corrected chi connectivity index (χ4v) is 2.14. The van der Waals surface area contributed by atoms with Crippen molar-refractivity contribution >= 4 is 23.2 Å². The monoisotopic (exact) mass is 319 g/mol. The Balaban J connectivity index is 2.21. The SMILES string of the molecule is CCOc1cc(C(=O)Nc2ccc(C)c(Cl)c2)ccc1OC. The van der Waals surface area contributed by atoms with Crippen molar-refractivity contribution in [3.8, 4) is 11.5 Å². The van der Waals surface area contributed by atoms with Gasteiger partial charge in [-0.3, -0.25) is 4.79 Å². The highest BCUT2D eigenvalue weighted by atomic mass is 35.5. The number of ether oxygens (including phenoxy) is 2. The maximum Gasteiger partial charge on any atom is 0.255 e. The molecular weight excluding hydrogens is 302 g/mol. The van der Waals surface area contributed by atoms with Gasteiger partial charge in [0.05, 0.1) is 13.7 Å². The Kier molecular flexibility index (Phi) is 5.28. The topological polar surface area (TPSA) is 47.6 Å². The summed E-state index contributed by atoms with van der Waals surface area (Å²) in [6, 6.07) is 10.5. The van der Waals surface area contributed by atoms with Crippen LogP contribution in [0.3, 0.4) is 0 Å². The second-order valence-electron chi connectivity index (χ2n) is 4.72. The Morgan fingerprint density at radius 1 is 1.18 bits per heavy atom. The summed E-state index contributed by atoms with van der Waals surface area (Å²) in [5.41, 5.74) is 2.10. The van der Waals surface area contributed by atoms with Crippen LogP contribution < -0.4 is 14.8 Å². The van der Waals surface area contributed by atoms with Gasteiger partial charge in [-0.2, -0.15) is 0 Å². The van der Waals surface area contributed by atoms with E-state index in [-0.39, 0.29) is 5.91 Å². The molecule has 2 rings (SSSR count). The van der Waals surface area contributed by atoms with Gasteiger partial charge in [-0.25, -0.2) is 0 Å². The van der Waals surface area contributed by atoms with E-state index in [9.17, 15) is 4.79 Å². The van der Waals surface area contributed by atoms with Gasteiger partial charge in [0.25, 0.3) is 5.91 Å². The Bertz CT molecular complexity index is 686. The minimum absolute atomic E-state index is 0.233. The quantitative estimate of drug-likeness (QED) is 0.893. The molecule has 0 fully saturated rings. The van der Waals surface area contributed by atoms with Crippen LogP contribution >= 0.6 is 11.6 Å². The predicted molar refractivity (Wildman–Crippen MR) is 88.3 cm³/mol. The van der Waals surface area contributed by atoms with Crippen molar-refractivity contribution in [1.82, 2.24) is 0 Å². The number of carbonyl (C=O) groups is 1. The second-order valence-corrected chi connectivity index (χ2v) is 5.12. The zero-order chi connectivity index (χ0) is 16.1. The molecule has 0 aromatic heterocycles. The van der Waals surface area contributed by atoms with Crippen LogP contribution in [0.15, 0.2) is 36.4 Å². The molecule has 0 aliphatic heterocycles. The lowest BCUT2D eigenvalue weighted by atomic mass is 10.1. The molecule has 1 amide bonds. The minimum Gasteiger partial charge on any atom is -0.493 e. The highest BCUT2D eigenvalue weighted by molar-refractivity contribution is 6.31.